The molecule has 2 aliphatic heterocycles. The molecule has 24 heavy (non-hydrogen) atoms. The fourth-order valence-electron chi connectivity index (χ4n) is 3.96. The van der Waals surface area contributed by atoms with Gasteiger partial charge in [-0.05, 0) is 59.8 Å². The van der Waals surface area contributed by atoms with E-state index in [1.165, 1.54) is 0 Å². The Morgan fingerprint density at radius 3 is 2.62 bits per heavy atom. The Morgan fingerprint density at radius 1 is 1.25 bits per heavy atom. The number of halogens is 2. The summed E-state index contributed by atoms with van der Waals surface area (Å²) in [7, 11) is 0. The second-order valence-electron chi connectivity index (χ2n) is 6.50. The zero-order valence-electron chi connectivity index (χ0n) is 13.0. The largest absolute Gasteiger partial charge is 0.322 e. The Morgan fingerprint density at radius 2 is 2.00 bits per heavy atom. The van der Waals surface area contributed by atoms with Gasteiger partial charge in [-0.15, -0.1) is 0 Å². The molecule has 1 aromatic heterocycles. The van der Waals surface area contributed by atoms with E-state index in [1.807, 2.05) is 34.1 Å². The summed E-state index contributed by atoms with van der Waals surface area (Å²) in [6.45, 7) is 0. The Labute approximate surface area is 154 Å². The molecule has 2 aliphatic rings. The van der Waals surface area contributed by atoms with Gasteiger partial charge in [-0.3, -0.25) is 4.68 Å². The van der Waals surface area contributed by atoms with Crippen LogP contribution < -0.4 is 5.32 Å². The van der Waals surface area contributed by atoms with Crippen LogP contribution in [0.3, 0.4) is 0 Å². The first-order valence-electron chi connectivity index (χ1n) is 8.14. The number of hydrogen-bond donors (Lipinski definition) is 1. The van der Waals surface area contributed by atoms with Gasteiger partial charge in [-0.25, -0.2) is 4.79 Å². The van der Waals surface area contributed by atoms with Gasteiger partial charge in [0, 0.05) is 29.0 Å². The van der Waals surface area contributed by atoms with Crippen LogP contribution in [-0.2, 0) is 0 Å². The number of piperidine rings is 1. The molecule has 7 heteroatoms. The van der Waals surface area contributed by atoms with E-state index in [2.05, 4.69) is 26.3 Å². The molecule has 0 saturated carbocycles. The number of amides is 2. The Bertz CT molecular complexity index is 751. The highest BCUT2D eigenvalue weighted by Crippen LogP contribution is 2.41. The molecule has 5 nitrogen and oxygen atoms in total. The van der Waals surface area contributed by atoms with Gasteiger partial charge in [0.25, 0.3) is 0 Å². The van der Waals surface area contributed by atoms with Crippen molar-refractivity contribution in [2.75, 3.05) is 5.32 Å². The second-order valence-corrected chi connectivity index (χ2v) is 7.85. The maximum atomic E-state index is 12.7. The summed E-state index contributed by atoms with van der Waals surface area (Å²) < 4.78 is 3.03. The summed E-state index contributed by atoms with van der Waals surface area (Å²) in [5.41, 5.74) is 0.741. The number of carbonyl (C=O) groups is 1. The summed E-state index contributed by atoms with van der Waals surface area (Å²) in [6, 6.07) is 8.17. The number of nitrogens with zero attached hydrogens (tertiary/aromatic N) is 3. The van der Waals surface area contributed by atoms with Crippen molar-refractivity contribution in [2.45, 2.75) is 43.8 Å². The molecular formula is C17H18BrClN4O. The number of carbonyl (C=O) groups excluding carboxylic acids is 1. The minimum atomic E-state index is -0.0233. The molecule has 2 saturated heterocycles. The zero-order valence-corrected chi connectivity index (χ0v) is 15.4. The van der Waals surface area contributed by atoms with Gasteiger partial charge in [0.15, 0.2) is 0 Å². The molecule has 1 N–H and O–H groups in total. The first-order chi connectivity index (χ1) is 11.6. The Kier molecular flexibility index (Phi) is 4.26. The number of fused-ring (bicyclic) bond motifs is 2. The van der Waals surface area contributed by atoms with Gasteiger partial charge >= 0.3 is 6.03 Å². The van der Waals surface area contributed by atoms with Crippen molar-refractivity contribution in [2.24, 2.45) is 0 Å². The molecule has 2 fully saturated rings. The van der Waals surface area contributed by atoms with Crippen molar-refractivity contribution in [3.63, 3.8) is 0 Å². The SMILES string of the molecule is O=C(Nc1cccc(Cl)c1)N1C2CCC1CC(n1cc(Br)cn1)C2. The lowest BCUT2D eigenvalue weighted by atomic mass is 9.98. The van der Waals surface area contributed by atoms with Crippen LogP contribution in [0.2, 0.25) is 5.02 Å². The van der Waals surface area contributed by atoms with E-state index in [-0.39, 0.29) is 18.1 Å². The number of hydrogen-bond acceptors (Lipinski definition) is 2. The zero-order chi connectivity index (χ0) is 16.7. The molecule has 2 amide bonds. The number of nitrogens with one attached hydrogen (secondary N) is 1. The summed E-state index contributed by atoms with van der Waals surface area (Å²) in [5.74, 6) is 0. The van der Waals surface area contributed by atoms with Crippen LogP contribution >= 0.6 is 27.5 Å². The minimum absolute atomic E-state index is 0.0233. The van der Waals surface area contributed by atoms with Crippen LogP contribution in [0.25, 0.3) is 0 Å². The third kappa shape index (κ3) is 3.05. The normalized spacial score (nSPS) is 25.8. The van der Waals surface area contributed by atoms with Crippen LogP contribution in [-0.4, -0.2) is 32.8 Å². The summed E-state index contributed by atoms with van der Waals surface area (Å²) in [5, 5.41) is 8.03. The lowest BCUT2D eigenvalue weighted by Crippen LogP contribution is -2.48. The molecule has 2 aromatic rings. The molecule has 2 atom stereocenters. The topological polar surface area (TPSA) is 50.2 Å². The summed E-state index contributed by atoms with van der Waals surface area (Å²) in [6.07, 6.45) is 7.87. The standard InChI is InChI=1S/C17H18BrClN4O/c18-11-9-20-22(10-11)16-7-14-4-5-15(8-16)23(14)17(24)21-13-3-1-2-12(19)6-13/h1-3,6,9-10,14-16H,4-5,7-8H2,(H,21,24). The highest BCUT2D eigenvalue weighted by molar-refractivity contribution is 9.10. The fraction of sp³-hybridized carbons (Fsp3) is 0.412. The van der Waals surface area contributed by atoms with Crippen LogP contribution in [0.15, 0.2) is 41.1 Å². The molecule has 0 spiro atoms. The first-order valence-corrected chi connectivity index (χ1v) is 9.32. The molecule has 0 radical (unpaired) electrons. The van der Waals surface area contributed by atoms with E-state index in [0.29, 0.717) is 11.1 Å². The van der Waals surface area contributed by atoms with Gasteiger partial charge in [-0.2, -0.15) is 5.10 Å². The lowest BCUT2D eigenvalue weighted by molar-refractivity contribution is 0.129. The third-order valence-corrected chi connectivity index (χ3v) is 5.61. The number of benzene rings is 1. The molecule has 2 unspecified atom stereocenters. The van der Waals surface area contributed by atoms with Crippen molar-refractivity contribution in [3.05, 3.63) is 46.2 Å². The third-order valence-electron chi connectivity index (χ3n) is 4.96. The second kappa shape index (κ2) is 6.41. The van der Waals surface area contributed by atoms with Gasteiger partial charge in [0.1, 0.15) is 0 Å². The van der Waals surface area contributed by atoms with Crippen LogP contribution in [0.1, 0.15) is 31.7 Å². The molecule has 126 valence electrons. The maximum Gasteiger partial charge on any atom is 0.322 e. The van der Waals surface area contributed by atoms with Crippen LogP contribution in [0, 0.1) is 0 Å². The highest BCUT2D eigenvalue weighted by Gasteiger charge is 2.44. The number of urea groups is 1. The van der Waals surface area contributed by atoms with Gasteiger partial charge in [0.05, 0.1) is 16.7 Å². The van der Waals surface area contributed by atoms with Gasteiger partial charge in [-0.1, -0.05) is 17.7 Å². The number of aromatic nitrogens is 2. The van der Waals surface area contributed by atoms with Crippen molar-refractivity contribution in [1.82, 2.24) is 14.7 Å². The predicted octanol–water partition coefficient (Wildman–Crippen LogP) is 4.70. The van der Waals surface area contributed by atoms with Crippen molar-refractivity contribution in [1.29, 1.82) is 0 Å². The molecule has 1 aromatic carbocycles. The predicted molar refractivity (Wildman–Crippen MR) is 97.3 cm³/mol. The lowest BCUT2D eigenvalue weighted by Gasteiger charge is -2.38. The van der Waals surface area contributed by atoms with Crippen LogP contribution in [0.4, 0.5) is 10.5 Å². The van der Waals surface area contributed by atoms with Crippen molar-refractivity contribution < 1.29 is 4.79 Å². The molecule has 0 aliphatic carbocycles. The van der Waals surface area contributed by atoms with Gasteiger partial charge in [0.2, 0.25) is 0 Å². The van der Waals surface area contributed by atoms with E-state index in [0.717, 1.165) is 35.8 Å². The monoisotopic (exact) mass is 408 g/mol. The van der Waals surface area contributed by atoms with Crippen molar-refractivity contribution >= 4 is 39.2 Å². The van der Waals surface area contributed by atoms with E-state index < -0.39 is 0 Å². The Hall–Kier alpha value is -1.53. The maximum absolute atomic E-state index is 12.7. The Balaban J connectivity index is 1.47. The smallest absolute Gasteiger partial charge is 0.318 e. The first kappa shape index (κ1) is 16.0. The average molecular weight is 410 g/mol. The van der Waals surface area contributed by atoms with Gasteiger partial charge < -0.3 is 10.2 Å². The molecular weight excluding hydrogens is 392 g/mol. The summed E-state index contributed by atoms with van der Waals surface area (Å²) in [4.78, 5) is 14.8. The molecule has 3 heterocycles. The van der Waals surface area contributed by atoms with Crippen LogP contribution in [0.5, 0.6) is 0 Å². The van der Waals surface area contributed by atoms with E-state index in [9.17, 15) is 4.79 Å². The highest BCUT2D eigenvalue weighted by atomic mass is 79.9. The molecule has 2 bridgehead atoms. The summed E-state index contributed by atoms with van der Waals surface area (Å²) >= 11 is 9.45. The molecule has 4 rings (SSSR count). The number of anilines is 1. The van der Waals surface area contributed by atoms with E-state index in [1.54, 1.807) is 12.1 Å². The minimum Gasteiger partial charge on any atom is -0.318 e. The average Bonchev–Trinajstić information content (AvgIpc) is 3.09. The fourth-order valence-corrected chi connectivity index (χ4v) is 4.46. The van der Waals surface area contributed by atoms with E-state index >= 15 is 0 Å². The van der Waals surface area contributed by atoms with Crippen molar-refractivity contribution in [3.8, 4) is 0 Å². The number of rotatable bonds is 2. The van der Waals surface area contributed by atoms with E-state index in [4.69, 9.17) is 11.6 Å². The quantitative estimate of drug-likeness (QED) is 0.781.